The van der Waals surface area contributed by atoms with Crippen LogP contribution in [0, 0.1) is 13.8 Å². The average molecular weight is 284 g/mol. The van der Waals surface area contributed by atoms with E-state index in [0.717, 1.165) is 11.1 Å². The van der Waals surface area contributed by atoms with Crippen LogP contribution in [0.2, 0.25) is 0 Å². The second kappa shape index (κ2) is 7.01. The van der Waals surface area contributed by atoms with Crippen molar-refractivity contribution in [1.29, 1.82) is 0 Å². The third kappa shape index (κ3) is 5.07. The first-order chi connectivity index (χ1) is 8.94. The van der Waals surface area contributed by atoms with Gasteiger partial charge in [-0.1, -0.05) is 35.4 Å². The van der Waals surface area contributed by atoms with Crippen LogP contribution in [0.25, 0.3) is 0 Å². The van der Waals surface area contributed by atoms with Gasteiger partial charge in [0.1, 0.15) is 11.5 Å². The quantitative estimate of drug-likeness (QED) is 0.596. The smallest absolute Gasteiger partial charge is 0.736 e. The summed E-state index contributed by atoms with van der Waals surface area (Å²) < 4.78 is 21.5. The number of hydrogen-bond acceptors (Lipinski definition) is 4. The predicted octanol–water partition coefficient (Wildman–Crippen LogP) is 0.234. The minimum atomic E-state index is -4.42. The molecule has 2 aromatic rings. The number of rotatable bonds is 4. The Hall–Kier alpha value is -1.17. The van der Waals surface area contributed by atoms with Crippen molar-refractivity contribution in [2.45, 2.75) is 13.8 Å². The van der Waals surface area contributed by atoms with Crippen LogP contribution in [0.1, 0.15) is 11.1 Å². The summed E-state index contributed by atoms with van der Waals surface area (Å²) in [4.78, 5) is 11.7. The van der Waals surface area contributed by atoms with Crippen LogP contribution in [0.5, 0.6) is 11.5 Å². The van der Waals surface area contributed by atoms with Crippen molar-refractivity contribution in [2.24, 2.45) is 0 Å². The number of benzene rings is 2. The molecule has 0 saturated carbocycles. The maximum absolute atomic E-state index is 11.7. The van der Waals surface area contributed by atoms with Crippen molar-refractivity contribution in [3.8, 4) is 11.5 Å². The van der Waals surface area contributed by atoms with Crippen LogP contribution >= 0.6 is 7.82 Å². The first-order valence-corrected chi connectivity index (χ1v) is 7.24. The molecule has 2 rings (SSSR count). The minimum absolute atomic E-state index is 0. The first kappa shape index (κ1) is 16.9. The Kier molecular flexibility index (Phi) is 5.92. The summed E-state index contributed by atoms with van der Waals surface area (Å²) in [6.07, 6.45) is 0. The Bertz CT molecular complexity index is 544. The summed E-state index contributed by atoms with van der Waals surface area (Å²) in [5.41, 5.74) is 2.04. The Labute approximate surface area is 130 Å². The second-order valence-electron chi connectivity index (χ2n) is 4.26. The largest absolute Gasteiger partial charge is 1.00 e. The van der Waals surface area contributed by atoms with E-state index in [0.29, 0.717) is 0 Å². The van der Waals surface area contributed by atoms with E-state index in [4.69, 9.17) is 9.05 Å². The van der Waals surface area contributed by atoms with E-state index in [-0.39, 0.29) is 30.4 Å². The maximum Gasteiger partial charge on any atom is 1.00 e. The molecule has 0 aliphatic carbocycles. The number of aryl methyl sites for hydroxylation is 2. The van der Waals surface area contributed by atoms with Crippen LogP contribution in [0.3, 0.4) is 0 Å². The van der Waals surface area contributed by atoms with Gasteiger partial charge >= 0.3 is 26.7 Å². The van der Waals surface area contributed by atoms with Crippen molar-refractivity contribution in [1.82, 2.24) is 0 Å². The van der Waals surface area contributed by atoms with Crippen LogP contribution in [-0.2, 0) is 4.57 Å². The molecule has 0 N–H and O–H groups in total. The summed E-state index contributed by atoms with van der Waals surface area (Å²) in [7, 11) is -4.42. The van der Waals surface area contributed by atoms with Gasteiger partial charge in [-0.05, 0) is 38.1 Å². The van der Waals surface area contributed by atoms with Gasteiger partial charge in [-0.2, -0.15) is 0 Å². The molecule has 0 spiro atoms. The number of hydrogen-bond donors (Lipinski definition) is 0. The van der Waals surface area contributed by atoms with Gasteiger partial charge in [0.15, 0.2) is 0 Å². The van der Waals surface area contributed by atoms with Crippen molar-refractivity contribution in [3.05, 3.63) is 59.7 Å². The molecular weight excluding hydrogens is 270 g/mol. The molecule has 0 unspecified atom stereocenters. The zero-order valence-corrected chi connectivity index (χ0v) is 12.6. The van der Waals surface area contributed by atoms with E-state index in [9.17, 15) is 9.46 Å². The van der Waals surface area contributed by atoms with Gasteiger partial charge in [0.2, 0.25) is 0 Å². The predicted molar refractivity (Wildman–Crippen MR) is 71.2 cm³/mol. The monoisotopic (exact) mass is 284 g/mol. The molecule has 0 fully saturated rings. The van der Waals surface area contributed by atoms with Gasteiger partial charge in [0.25, 0.3) is 0 Å². The normalized spacial score (nSPS) is 10.6. The van der Waals surface area contributed by atoms with Crippen LogP contribution in [0.15, 0.2) is 48.5 Å². The van der Waals surface area contributed by atoms with Crippen LogP contribution in [0.4, 0.5) is 0 Å². The third-order valence-corrected chi connectivity index (χ3v) is 3.35. The van der Waals surface area contributed by atoms with Crippen LogP contribution in [-0.4, -0.2) is 0 Å². The van der Waals surface area contributed by atoms with Gasteiger partial charge in [0, 0.05) is 0 Å². The third-order valence-electron chi connectivity index (χ3n) is 2.48. The fourth-order valence-electron chi connectivity index (χ4n) is 1.48. The molecular formula is C14H14LiO4P. The standard InChI is InChI=1S/C14H15O4P.Li/c1-11-3-7-13(8-4-11)17-19(15,16)18-14-9-5-12(2)6-10-14;/h3-10H,1-2H3,(H,15,16);/q;+1/p-1. The summed E-state index contributed by atoms with van der Waals surface area (Å²) in [5, 5.41) is 0. The Balaban J connectivity index is 0.00000200. The molecule has 0 aromatic heterocycles. The number of phosphoric ester groups is 1. The number of phosphoric acid groups is 1. The topological polar surface area (TPSA) is 58.6 Å². The Morgan fingerprint density at radius 3 is 1.40 bits per heavy atom. The fraction of sp³-hybridized carbons (Fsp3) is 0.143. The van der Waals surface area contributed by atoms with E-state index < -0.39 is 7.82 Å². The molecule has 100 valence electrons. The van der Waals surface area contributed by atoms with Gasteiger partial charge in [0.05, 0.1) is 0 Å². The van der Waals surface area contributed by atoms with Crippen molar-refractivity contribution in [2.75, 3.05) is 0 Å². The fourth-order valence-corrected chi connectivity index (χ4v) is 2.27. The van der Waals surface area contributed by atoms with E-state index >= 15 is 0 Å². The van der Waals surface area contributed by atoms with E-state index in [1.165, 1.54) is 0 Å². The molecule has 0 aliphatic rings. The maximum atomic E-state index is 11.7. The minimum Gasteiger partial charge on any atom is -0.736 e. The van der Waals surface area contributed by atoms with Gasteiger partial charge in [-0.3, -0.25) is 0 Å². The molecule has 0 atom stereocenters. The molecule has 2 aromatic carbocycles. The summed E-state index contributed by atoms with van der Waals surface area (Å²) in [6.45, 7) is 3.81. The molecule has 20 heavy (non-hydrogen) atoms. The van der Waals surface area contributed by atoms with Gasteiger partial charge < -0.3 is 13.9 Å². The van der Waals surface area contributed by atoms with Gasteiger partial charge in [-0.15, -0.1) is 0 Å². The average Bonchev–Trinajstić information content (AvgIpc) is 2.34. The molecule has 0 radical (unpaired) electrons. The summed E-state index contributed by atoms with van der Waals surface area (Å²) >= 11 is 0. The molecule has 0 aliphatic heterocycles. The zero-order chi connectivity index (χ0) is 13.9. The molecule has 0 bridgehead atoms. The Morgan fingerprint density at radius 2 is 1.10 bits per heavy atom. The van der Waals surface area contributed by atoms with Crippen molar-refractivity contribution >= 4 is 7.82 Å². The second-order valence-corrected chi connectivity index (χ2v) is 5.52. The SMILES string of the molecule is Cc1ccc(OP(=O)([O-])Oc2ccc(C)cc2)cc1.[Li+]. The molecule has 6 heteroatoms. The van der Waals surface area contributed by atoms with Crippen molar-refractivity contribution < 1.29 is 37.4 Å². The molecule has 0 heterocycles. The Morgan fingerprint density at radius 1 is 0.800 bits per heavy atom. The van der Waals surface area contributed by atoms with E-state index in [1.807, 2.05) is 13.8 Å². The van der Waals surface area contributed by atoms with Crippen molar-refractivity contribution in [3.63, 3.8) is 0 Å². The molecule has 4 nitrogen and oxygen atoms in total. The summed E-state index contributed by atoms with van der Waals surface area (Å²) in [6, 6.07) is 13.4. The van der Waals surface area contributed by atoms with E-state index in [1.54, 1.807) is 48.5 Å². The summed E-state index contributed by atoms with van der Waals surface area (Å²) in [5.74, 6) is 0.465. The van der Waals surface area contributed by atoms with E-state index in [2.05, 4.69) is 0 Å². The zero-order valence-electron chi connectivity index (χ0n) is 11.7. The molecule has 0 amide bonds. The molecule has 0 saturated heterocycles. The first-order valence-electron chi connectivity index (χ1n) is 5.78. The van der Waals surface area contributed by atoms with Gasteiger partial charge in [-0.25, -0.2) is 4.57 Å². The van der Waals surface area contributed by atoms with Crippen LogP contribution < -0.4 is 32.8 Å².